The zero-order chi connectivity index (χ0) is 11.4. The Bertz CT molecular complexity index is 253. The van der Waals surface area contributed by atoms with Gasteiger partial charge in [0.25, 0.3) is 0 Å². The minimum Gasteiger partial charge on any atom is -0.383 e. The van der Waals surface area contributed by atoms with Crippen molar-refractivity contribution in [2.75, 3.05) is 40.9 Å². The first kappa shape index (κ1) is 12.0. The van der Waals surface area contributed by atoms with Gasteiger partial charge in [0.2, 0.25) is 11.8 Å². The second-order valence-electron chi connectivity index (χ2n) is 3.97. The zero-order valence-electron chi connectivity index (χ0n) is 9.52. The molecule has 0 N–H and O–H groups in total. The summed E-state index contributed by atoms with van der Waals surface area (Å²) in [4.78, 5) is 26.4. The first-order chi connectivity index (χ1) is 7.06. The van der Waals surface area contributed by atoms with Crippen molar-refractivity contribution in [3.05, 3.63) is 0 Å². The Morgan fingerprint density at radius 2 is 2.27 bits per heavy atom. The lowest BCUT2D eigenvalue weighted by Gasteiger charge is -2.17. The molecule has 1 fully saturated rings. The Morgan fingerprint density at radius 1 is 1.60 bits per heavy atom. The lowest BCUT2D eigenvalue weighted by atomic mass is 10.1. The van der Waals surface area contributed by atoms with Crippen molar-refractivity contribution in [2.45, 2.75) is 6.42 Å². The van der Waals surface area contributed by atoms with Crippen molar-refractivity contribution in [2.24, 2.45) is 5.92 Å². The summed E-state index contributed by atoms with van der Waals surface area (Å²) in [7, 11) is 5.03. The van der Waals surface area contributed by atoms with Crippen molar-refractivity contribution in [1.82, 2.24) is 9.80 Å². The van der Waals surface area contributed by atoms with E-state index in [0.29, 0.717) is 26.1 Å². The highest BCUT2D eigenvalue weighted by Gasteiger charge is 2.34. The minimum atomic E-state index is -0.177. The number of likely N-dealkylation sites (tertiary alicyclic amines) is 1. The molecule has 1 aliphatic heterocycles. The van der Waals surface area contributed by atoms with Gasteiger partial charge in [0, 0.05) is 40.7 Å². The second kappa shape index (κ2) is 5.11. The van der Waals surface area contributed by atoms with Crippen molar-refractivity contribution in [1.29, 1.82) is 0 Å². The molecular weight excluding hydrogens is 196 g/mol. The maximum Gasteiger partial charge on any atom is 0.227 e. The van der Waals surface area contributed by atoms with Gasteiger partial charge in [-0.05, 0) is 0 Å². The summed E-state index contributed by atoms with van der Waals surface area (Å²) in [6.45, 7) is 1.63. The summed E-state index contributed by atoms with van der Waals surface area (Å²) in [5.41, 5.74) is 0. The van der Waals surface area contributed by atoms with E-state index in [1.807, 2.05) is 0 Å². The third-order valence-electron chi connectivity index (χ3n) is 2.57. The molecule has 5 nitrogen and oxygen atoms in total. The van der Waals surface area contributed by atoms with Crippen LogP contribution in [0, 0.1) is 5.92 Å². The van der Waals surface area contributed by atoms with Crippen molar-refractivity contribution in [3.8, 4) is 0 Å². The van der Waals surface area contributed by atoms with Gasteiger partial charge in [-0.2, -0.15) is 0 Å². The van der Waals surface area contributed by atoms with E-state index in [1.165, 1.54) is 4.90 Å². The van der Waals surface area contributed by atoms with Crippen LogP contribution in [-0.4, -0.2) is 62.5 Å². The van der Waals surface area contributed by atoms with Gasteiger partial charge in [0.05, 0.1) is 12.5 Å². The number of carbonyl (C=O) groups excluding carboxylic acids is 2. The predicted octanol–water partition coefficient (Wildman–Crippen LogP) is -0.430. The molecule has 1 atom stereocenters. The van der Waals surface area contributed by atoms with Crippen LogP contribution in [0.5, 0.6) is 0 Å². The monoisotopic (exact) mass is 214 g/mol. The number of methoxy groups -OCH3 is 1. The van der Waals surface area contributed by atoms with Crippen LogP contribution in [0.1, 0.15) is 6.42 Å². The van der Waals surface area contributed by atoms with Gasteiger partial charge >= 0.3 is 0 Å². The number of nitrogens with zero attached hydrogens (tertiary/aromatic N) is 2. The maximum absolute atomic E-state index is 11.6. The molecule has 1 saturated heterocycles. The molecule has 0 saturated carbocycles. The highest BCUT2D eigenvalue weighted by atomic mass is 16.5. The van der Waals surface area contributed by atoms with Gasteiger partial charge in [-0.15, -0.1) is 0 Å². The van der Waals surface area contributed by atoms with Gasteiger partial charge in [-0.1, -0.05) is 0 Å². The average molecular weight is 214 g/mol. The molecule has 1 aliphatic rings. The van der Waals surface area contributed by atoms with E-state index in [9.17, 15) is 9.59 Å². The molecule has 1 heterocycles. The van der Waals surface area contributed by atoms with E-state index in [0.717, 1.165) is 0 Å². The predicted molar refractivity (Wildman–Crippen MR) is 55.3 cm³/mol. The van der Waals surface area contributed by atoms with Crippen LogP contribution in [0.4, 0.5) is 0 Å². The summed E-state index contributed by atoms with van der Waals surface area (Å²) >= 11 is 0. The molecule has 86 valence electrons. The molecule has 0 radical (unpaired) electrons. The fraction of sp³-hybridized carbons (Fsp3) is 0.800. The Balaban J connectivity index is 2.48. The van der Waals surface area contributed by atoms with Crippen LogP contribution in [0.15, 0.2) is 0 Å². The first-order valence-corrected chi connectivity index (χ1v) is 5.04. The third-order valence-corrected chi connectivity index (χ3v) is 2.57. The lowest BCUT2D eigenvalue weighted by molar-refractivity contribution is -0.133. The number of ether oxygens (including phenoxy) is 1. The second-order valence-corrected chi connectivity index (χ2v) is 3.97. The highest BCUT2D eigenvalue weighted by Crippen LogP contribution is 2.18. The average Bonchev–Trinajstić information content (AvgIpc) is 2.55. The van der Waals surface area contributed by atoms with E-state index >= 15 is 0 Å². The molecule has 0 aromatic rings. The van der Waals surface area contributed by atoms with Gasteiger partial charge in [0.1, 0.15) is 0 Å². The number of amides is 2. The van der Waals surface area contributed by atoms with Gasteiger partial charge in [-0.25, -0.2) is 0 Å². The number of rotatable bonds is 4. The topological polar surface area (TPSA) is 49.9 Å². The molecule has 2 amide bonds. The molecule has 0 aliphatic carbocycles. The molecule has 0 aromatic heterocycles. The fourth-order valence-corrected chi connectivity index (χ4v) is 1.72. The quantitative estimate of drug-likeness (QED) is 0.638. The molecule has 0 spiro atoms. The number of hydrogen-bond acceptors (Lipinski definition) is 3. The lowest BCUT2D eigenvalue weighted by Crippen LogP contribution is -2.33. The Morgan fingerprint density at radius 3 is 2.80 bits per heavy atom. The largest absolute Gasteiger partial charge is 0.383 e. The summed E-state index contributed by atoms with van der Waals surface area (Å²) in [5, 5.41) is 0. The highest BCUT2D eigenvalue weighted by molar-refractivity contribution is 5.89. The standard InChI is InChI=1S/C10H18N2O3/c1-11(2)10(14)8-6-9(13)12(7-8)4-5-15-3/h8H,4-7H2,1-3H3. The Kier molecular flexibility index (Phi) is 4.08. The maximum atomic E-state index is 11.6. The van der Waals surface area contributed by atoms with Crippen LogP contribution in [0.2, 0.25) is 0 Å². The van der Waals surface area contributed by atoms with Crippen LogP contribution < -0.4 is 0 Å². The van der Waals surface area contributed by atoms with Crippen LogP contribution >= 0.6 is 0 Å². The van der Waals surface area contributed by atoms with E-state index in [-0.39, 0.29) is 17.7 Å². The minimum absolute atomic E-state index is 0.0308. The van der Waals surface area contributed by atoms with E-state index in [2.05, 4.69) is 0 Å². The Labute approximate surface area is 90.0 Å². The van der Waals surface area contributed by atoms with Crippen LogP contribution in [0.25, 0.3) is 0 Å². The van der Waals surface area contributed by atoms with Crippen molar-refractivity contribution < 1.29 is 14.3 Å². The number of carbonyl (C=O) groups is 2. The SMILES string of the molecule is COCCN1CC(C(=O)N(C)C)CC1=O. The van der Waals surface area contributed by atoms with Gasteiger partial charge in [-0.3, -0.25) is 9.59 Å². The van der Waals surface area contributed by atoms with E-state index in [1.54, 1.807) is 26.1 Å². The normalized spacial score (nSPS) is 20.9. The fourth-order valence-electron chi connectivity index (χ4n) is 1.72. The van der Waals surface area contributed by atoms with Crippen molar-refractivity contribution >= 4 is 11.8 Å². The van der Waals surface area contributed by atoms with Crippen molar-refractivity contribution in [3.63, 3.8) is 0 Å². The molecule has 5 heteroatoms. The summed E-state index contributed by atoms with van der Waals surface area (Å²) < 4.78 is 4.91. The molecule has 1 unspecified atom stereocenters. The first-order valence-electron chi connectivity index (χ1n) is 5.04. The zero-order valence-corrected chi connectivity index (χ0v) is 9.52. The van der Waals surface area contributed by atoms with Gasteiger partial charge in [0.15, 0.2) is 0 Å². The third kappa shape index (κ3) is 2.92. The molecule has 0 aromatic carbocycles. The summed E-state index contributed by atoms with van der Waals surface area (Å²) in [5.74, 6) is -0.0973. The molecule has 15 heavy (non-hydrogen) atoms. The molecule has 0 bridgehead atoms. The van der Waals surface area contributed by atoms with Crippen LogP contribution in [0.3, 0.4) is 0 Å². The number of hydrogen-bond donors (Lipinski definition) is 0. The molecular formula is C10H18N2O3. The molecule has 1 rings (SSSR count). The Hall–Kier alpha value is -1.10. The van der Waals surface area contributed by atoms with Gasteiger partial charge < -0.3 is 14.5 Å². The van der Waals surface area contributed by atoms with E-state index in [4.69, 9.17) is 4.74 Å². The summed E-state index contributed by atoms with van der Waals surface area (Å²) in [6.07, 6.45) is 0.334. The van der Waals surface area contributed by atoms with Crippen LogP contribution in [-0.2, 0) is 14.3 Å². The summed E-state index contributed by atoms with van der Waals surface area (Å²) in [6, 6.07) is 0. The smallest absolute Gasteiger partial charge is 0.227 e. The van der Waals surface area contributed by atoms with E-state index < -0.39 is 0 Å².